The molecule has 0 saturated heterocycles. The van der Waals surface area contributed by atoms with Crippen LogP contribution < -0.4 is 10.6 Å². The number of anilines is 1. The van der Waals surface area contributed by atoms with Crippen LogP contribution in [0.3, 0.4) is 0 Å². The van der Waals surface area contributed by atoms with Gasteiger partial charge in [-0.25, -0.2) is 4.79 Å². The third kappa shape index (κ3) is 6.22. The Morgan fingerprint density at radius 3 is 2.52 bits per heavy atom. The highest BCUT2D eigenvalue weighted by Crippen LogP contribution is 2.11. The van der Waals surface area contributed by atoms with Gasteiger partial charge in [0.2, 0.25) is 0 Å². The third-order valence-corrected chi connectivity index (χ3v) is 2.96. The number of nitriles is 1. The van der Waals surface area contributed by atoms with Gasteiger partial charge < -0.3 is 15.4 Å². The van der Waals surface area contributed by atoms with Gasteiger partial charge in [-0.1, -0.05) is 13.3 Å². The molecule has 1 aromatic rings. The summed E-state index contributed by atoms with van der Waals surface area (Å²) in [6, 6.07) is 8.43. The van der Waals surface area contributed by atoms with Crippen LogP contribution in [-0.4, -0.2) is 25.0 Å². The molecule has 6 heteroatoms. The number of nitrogens with one attached hydrogen (secondary N) is 2. The highest BCUT2D eigenvalue weighted by atomic mass is 16.5. The SMILES string of the molecule is CCCCNC(=O)/C(C#N)=C\Nc1ccc(C(=O)OCC)cc1. The van der Waals surface area contributed by atoms with Gasteiger partial charge in [-0.15, -0.1) is 0 Å². The van der Waals surface area contributed by atoms with Crippen LogP contribution in [0.5, 0.6) is 0 Å². The van der Waals surface area contributed by atoms with Gasteiger partial charge in [0.05, 0.1) is 12.2 Å². The Balaban J connectivity index is 2.65. The smallest absolute Gasteiger partial charge is 0.338 e. The predicted molar refractivity (Wildman–Crippen MR) is 87.6 cm³/mol. The molecule has 0 radical (unpaired) electrons. The first-order valence-corrected chi connectivity index (χ1v) is 7.54. The standard InChI is InChI=1S/C17H21N3O3/c1-3-5-10-19-16(21)14(11-18)12-20-15-8-6-13(7-9-15)17(22)23-4-2/h6-9,12,20H,3-5,10H2,1-2H3,(H,19,21)/b14-12-. The Morgan fingerprint density at radius 2 is 1.96 bits per heavy atom. The largest absolute Gasteiger partial charge is 0.462 e. The highest BCUT2D eigenvalue weighted by molar-refractivity contribution is 5.97. The predicted octanol–water partition coefficient (Wildman–Crippen LogP) is 2.60. The second kappa shape index (κ2) is 10.0. The highest BCUT2D eigenvalue weighted by Gasteiger charge is 2.08. The maximum absolute atomic E-state index is 11.8. The number of carbonyl (C=O) groups is 2. The Morgan fingerprint density at radius 1 is 1.26 bits per heavy atom. The minimum atomic E-state index is -0.406. The van der Waals surface area contributed by atoms with E-state index in [0.717, 1.165) is 12.8 Å². The zero-order chi connectivity index (χ0) is 17.1. The fourth-order valence-electron chi connectivity index (χ4n) is 1.69. The zero-order valence-corrected chi connectivity index (χ0v) is 13.4. The Labute approximate surface area is 136 Å². The van der Waals surface area contributed by atoms with Crippen molar-refractivity contribution >= 4 is 17.6 Å². The van der Waals surface area contributed by atoms with E-state index in [1.807, 2.05) is 13.0 Å². The maximum atomic E-state index is 11.8. The van der Waals surface area contributed by atoms with Crippen LogP contribution >= 0.6 is 0 Å². The van der Waals surface area contributed by atoms with Gasteiger partial charge in [-0.05, 0) is 37.6 Å². The topological polar surface area (TPSA) is 91.2 Å². The summed E-state index contributed by atoms with van der Waals surface area (Å²) in [5.74, 6) is -0.792. The second-order valence-electron chi connectivity index (χ2n) is 4.72. The number of nitrogens with zero attached hydrogens (tertiary/aromatic N) is 1. The summed E-state index contributed by atoms with van der Waals surface area (Å²) in [5, 5.41) is 14.6. The number of carbonyl (C=O) groups excluding carboxylic acids is 2. The molecule has 0 bridgehead atoms. The fraction of sp³-hybridized carbons (Fsp3) is 0.353. The van der Waals surface area contributed by atoms with Crippen molar-refractivity contribution in [3.63, 3.8) is 0 Å². The Hall–Kier alpha value is -2.81. The second-order valence-corrected chi connectivity index (χ2v) is 4.72. The van der Waals surface area contributed by atoms with Crippen molar-refractivity contribution < 1.29 is 14.3 Å². The molecule has 0 heterocycles. The molecule has 0 aliphatic carbocycles. The summed E-state index contributed by atoms with van der Waals surface area (Å²) in [6.07, 6.45) is 3.19. The van der Waals surface area contributed by atoms with Gasteiger partial charge in [-0.3, -0.25) is 4.79 Å². The average Bonchev–Trinajstić information content (AvgIpc) is 2.56. The van der Waals surface area contributed by atoms with Crippen LogP contribution in [0.2, 0.25) is 0 Å². The van der Waals surface area contributed by atoms with E-state index in [4.69, 9.17) is 10.00 Å². The first kappa shape index (κ1) is 18.2. The number of esters is 1. The van der Waals surface area contributed by atoms with E-state index >= 15 is 0 Å². The van der Waals surface area contributed by atoms with E-state index in [2.05, 4.69) is 10.6 Å². The normalized spacial score (nSPS) is 10.6. The third-order valence-electron chi connectivity index (χ3n) is 2.96. The Bertz CT molecular complexity index is 601. The molecule has 1 aromatic carbocycles. The van der Waals surface area contributed by atoms with Gasteiger partial charge >= 0.3 is 5.97 Å². The summed E-state index contributed by atoms with van der Waals surface area (Å²) < 4.78 is 4.89. The van der Waals surface area contributed by atoms with Crippen LogP contribution in [0.25, 0.3) is 0 Å². The van der Waals surface area contributed by atoms with Crippen molar-refractivity contribution in [1.29, 1.82) is 5.26 Å². The molecule has 0 aliphatic heterocycles. The molecule has 0 aromatic heterocycles. The van der Waals surface area contributed by atoms with Gasteiger partial charge in [0.25, 0.3) is 5.91 Å². The lowest BCUT2D eigenvalue weighted by Gasteiger charge is -2.05. The van der Waals surface area contributed by atoms with Crippen molar-refractivity contribution in [1.82, 2.24) is 5.32 Å². The minimum Gasteiger partial charge on any atom is -0.462 e. The summed E-state index contributed by atoms with van der Waals surface area (Å²) in [6.45, 7) is 4.63. The maximum Gasteiger partial charge on any atom is 0.338 e. The van der Waals surface area contributed by atoms with Crippen LogP contribution in [0.1, 0.15) is 37.0 Å². The van der Waals surface area contributed by atoms with Gasteiger partial charge in [0.15, 0.2) is 0 Å². The number of amides is 1. The molecule has 0 unspecified atom stereocenters. The molecule has 0 fully saturated rings. The van der Waals surface area contributed by atoms with Crippen molar-refractivity contribution in [3.8, 4) is 6.07 Å². The molecule has 0 spiro atoms. The number of ether oxygens (including phenoxy) is 1. The summed E-state index contributed by atoms with van der Waals surface area (Å²) in [5.41, 5.74) is 1.10. The number of hydrogen-bond acceptors (Lipinski definition) is 5. The molecule has 1 rings (SSSR count). The molecular formula is C17H21N3O3. The number of benzene rings is 1. The van der Waals surface area contributed by atoms with Gasteiger partial charge in [0, 0.05) is 18.4 Å². The van der Waals surface area contributed by atoms with E-state index in [-0.39, 0.29) is 11.5 Å². The number of unbranched alkanes of at least 4 members (excludes halogenated alkanes) is 1. The van der Waals surface area contributed by atoms with Crippen molar-refractivity contribution in [3.05, 3.63) is 41.6 Å². The molecule has 0 saturated carbocycles. The fourth-order valence-corrected chi connectivity index (χ4v) is 1.69. The van der Waals surface area contributed by atoms with Crippen molar-refractivity contribution in [2.75, 3.05) is 18.5 Å². The van der Waals surface area contributed by atoms with E-state index in [1.54, 1.807) is 31.2 Å². The van der Waals surface area contributed by atoms with Crippen molar-refractivity contribution in [2.24, 2.45) is 0 Å². The molecule has 2 N–H and O–H groups in total. The van der Waals surface area contributed by atoms with E-state index < -0.39 is 5.91 Å². The lowest BCUT2D eigenvalue weighted by molar-refractivity contribution is -0.117. The lowest BCUT2D eigenvalue weighted by Crippen LogP contribution is -2.25. The molecule has 6 nitrogen and oxygen atoms in total. The van der Waals surface area contributed by atoms with E-state index in [1.165, 1.54) is 6.20 Å². The molecular weight excluding hydrogens is 294 g/mol. The summed E-state index contributed by atoms with van der Waals surface area (Å²) in [7, 11) is 0. The molecule has 1 amide bonds. The number of hydrogen-bond donors (Lipinski definition) is 2. The minimum absolute atomic E-state index is 0.00410. The van der Waals surface area contributed by atoms with E-state index in [0.29, 0.717) is 24.4 Å². The Kier molecular flexibility index (Phi) is 7.94. The molecule has 23 heavy (non-hydrogen) atoms. The van der Waals surface area contributed by atoms with Gasteiger partial charge in [0.1, 0.15) is 11.6 Å². The quantitative estimate of drug-likeness (QED) is 0.333. The molecule has 0 aliphatic rings. The van der Waals surface area contributed by atoms with E-state index in [9.17, 15) is 9.59 Å². The van der Waals surface area contributed by atoms with Gasteiger partial charge in [-0.2, -0.15) is 5.26 Å². The first-order chi connectivity index (χ1) is 11.1. The average molecular weight is 315 g/mol. The van der Waals surface area contributed by atoms with Crippen LogP contribution in [0.15, 0.2) is 36.0 Å². The molecule has 122 valence electrons. The van der Waals surface area contributed by atoms with Crippen LogP contribution in [-0.2, 0) is 9.53 Å². The zero-order valence-electron chi connectivity index (χ0n) is 13.4. The first-order valence-electron chi connectivity index (χ1n) is 7.54. The van der Waals surface area contributed by atoms with Crippen LogP contribution in [0, 0.1) is 11.3 Å². The monoisotopic (exact) mass is 315 g/mol. The van der Waals surface area contributed by atoms with Crippen LogP contribution in [0.4, 0.5) is 5.69 Å². The number of rotatable bonds is 8. The van der Waals surface area contributed by atoms with Crippen molar-refractivity contribution in [2.45, 2.75) is 26.7 Å². The lowest BCUT2D eigenvalue weighted by atomic mass is 10.2. The summed E-state index contributed by atoms with van der Waals surface area (Å²) in [4.78, 5) is 23.3. The molecule has 0 atom stereocenters. The summed E-state index contributed by atoms with van der Waals surface area (Å²) >= 11 is 0.